The Morgan fingerprint density at radius 1 is 1.35 bits per heavy atom. The van der Waals surface area contributed by atoms with E-state index in [1.54, 1.807) is 17.4 Å². The summed E-state index contributed by atoms with van der Waals surface area (Å²) >= 11 is 3.79. The number of hydrogen-bond donors (Lipinski definition) is 2. The molecule has 0 unspecified atom stereocenters. The zero-order chi connectivity index (χ0) is 13.9. The summed E-state index contributed by atoms with van der Waals surface area (Å²) in [6, 6.07) is 8.80. The monoisotopic (exact) mass is 399 g/mol. The molecule has 3 nitrogen and oxygen atoms in total. The molecule has 0 radical (unpaired) electrons. The molecule has 0 saturated heterocycles. The molecule has 3 rings (SSSR count). The number of rotatable bonds is 4. The van der Waals surface area contributed by atoms with E-state index in [9.17, 15) is 4.39 Å². The summed E-state index contributed by atoms with van der Waals surface area (Å²) in [5.74, 6) is -0.220. The average molecular weight is 399 g/mol. The number of halogens is 2. The predicted octanol–water partition coefficient (Wildman–Crippen LogP) is 4.49. The minimum Gasteiger partial charge on any atom is -0.380 e. The predicted molar refractivity (Wildman–Crippen MR) is 88.3 cm³/mol. The van der Waals surface area contributed by atoms with Crippen LogP contribution in [-0.4, -0.2) is 10.2 Å². The normalized spacial score (nSPS) is 10.7. The second-order valence-electron chi connectivity index (χ2n) is 4.23. The molecule has 3 aromatic rings. The number of anilines is 1. The third kappa shape index (κ3) is 2.85. The van der Waals surface area contributed by atoms with Crippen molar-refractivity contribution in [3.8, 4) is 10.6 Å². The Balaban J connectivity index is 1.78. The first kappa shape index (κ1) is 13.6. The van der Waals surface area contributed by atoms with Gasteiger partial charge < -0.3 is 5.32 Å². The van der Waals surface area contributed by atoms with Crippen molar-refractivity contribution >= 4 is 39.6 Å². The number of benzene rings is 1. The smallest absolute Gasteiger partial charge is 0.124 e. The van der Waals surface area contributed by atoms with Crippen molar-refractivity contribution in [2.75, 3.05) is 5.32 Å². The Morgan fingerprint density at radius 3 is 3.00 bits per heavy atom. The molecular formula is C14H11FIN3S. The van der Waals surface area contributed by atoms with Gasteiger partial charge in [-0.3, -0.25) is 5.10 Å². The van der Waals surface area contributed by atoms with Gasteiger partial charge >= 0.3 is 0 Å². The zero-order valence-corrected chi connectivity index (χ0v) is 13.3. The molecule has 2 N–H and O–H groups in total. The maximum atomic E-state index is 13.1. The van der Waals surface area contributed by atoms with Gasteiger partial charge in [-0.15, -0.1) is 11.3 Å². The Morgan fingerprint density at radius 2 is 2.25 bits per heavy atom. The Bertz CT molecular complexity index is 709. The minimum absolute atomic E-state index is 0.220. The number of H-pyrrole nitrogens is 1. The second kappa shape index (κ2) is 5.92. The molecule has 1 aromatic carbocycles. The van der Waals surface area contributed by atoms with E-state index in [0.29, 0.717) is 6.54 Å². The van der Waals surface area contributed by atoms with Crippen LogP contribution >= 0.6 is 33.9 Å². The molecule has 0 amide bonds. The number of aromatic amines is 1. The minimum atomic E-state index is -0.220. The summed E-state index contributed by atoms with van der Waals surface area (Å²) in [5, 5.41) is 12.5. The number of nitrogens with zero attached hydrogens (tertiary/aromatic N) is 1. The van der Waals surface area contributed by atoms with Crippen LogP contribution in [-0.2, 0) is 6.54 Å². The maximum absolute atomic E-state index is 13.1. The van der Waals surface area contributed by atoms with Crippen molar-refractivity contribution in [3.63, 3.8) is 0 Å². The molecule has 102 valence electrons. The molecule has 0 aliphatic rings. The first-order chi connectivity index (χ1) is 9.74. The number of hydrogen-bond acceptors (Lipinski definition) is 3. The first-order valence-electron chi connectivity index (χ1n) is 5.99. The van der Waals surface area contributed by atoms with Crippen LogP contribution in [0.15, 0.2) is 41.9 Å². The van der Waals surface area contributed by atoms with E-state index < -0.39 is 0 Å². The van der Waals surface area contributed by atoms with Gasteiger partial charge in [0.2, 0.25) is 0 Å². The number of nitrogens with one attached hydrogen (secondary N) is 2. The van der Waals surface area contributed by atoms with E-state index in [1.165, 1.54) is 12.1 Å². The summed E-state index contributed by atoms with van der Waals surface area (Å²) in [7, 11) is 0. The van der Waals surface area contributed by atoms with E-state index in [-0.39, 0.29) is 5.82 Å². The molecule has 20 heavy (non-hydrogen) atoms. The summed E-state index contributed by atoms with van der Waals surface area (Å²) in [6.07, 6.45) is 1.82. The number of thiophene rings is 1. The Labute approximate surface area is 133 Å². The molecule has 0 aliphatic carbocycles. The standard InChI is InChI=1S/C14H11FIN3S/c15-10-3-4-12(11(16)6-10)17-7-9-8-18-19-14(9)13-2-1-5-20-13/h1-6,8,17H,7H2,(H,18,19). The van der Waals surface area contributed by atoms with E-state index >= 15 is 0 Å². The topological polar surface area (TPSA) is 40.7 Å². The third-order valence-electron chi connectivity index (χ3n) is 2.89. The van der Waals surface area contributed by atoms with E-state index in [4.69, 9.17) is 0 Å². The lowest BCUT2D eigenvalue weighted by atomic mass is 10.2. The molecule has 0 saturated carbocycles. The SMILES string of the molecule is Fc1ccc(NCc2cn[nH]c2-c2cccs2)c(I)c1. The molecule has 0 aliphatic heterocycles. The number of aromatic nitrogens is 2. The van der Waals surface area contributed by atoms with Gasteiger partial charge in [-0.05, 0) is 52.2 Å². The van der Waals surface area contributed by atoms with Crippen LogP contribution in [0.4, 0.5) is 10.1 Å². The molecule has 2 aromatic heterocycles. The lowest BCUT2D eigenvalue weighted by molar-refractivity contribution is 0.627. The van der Waals surface area contributed by atoms with E-state index in [1.807, 2.05) is 17.6 Å². The zero-order valence-electron chi connectivity index (χ0n) is 10.4. The van der Waals surface area contributed by atoms with Gasteiger partial charge in [-0.1, -0.05) is 6.07 Å². The van der Waals surface area contributed by atoms with Crippen molar-refractivity contribution in [2.45, 2.75) is 6.54 Å². The van der Waals surface area contributed by atoms with Crippen LogP contribution < -0.4 is 5.32 Å². The second-order valence-corrected chi connectivity index (χ2v) is 6.34. The molecule has 0 atom stereocenters. The summed E-state index contributed by atoms with van der Waals surface area (Å²) in [4.78, 5) is 1.16. The molecule has 6 heteroatoms. The van der Waals surface area contributed by atoms with Crippen molar-refractivity contribution in [1.82, 2.24) is 10.2 Å². The van der Waals surface area contributed by atoms with Gasteiger partial charge in [-0.25, -0.2) is 4.39 Å². The van der Waals surface area contributed by atoms with Crippen molar-refractivity contribution in [2.24, 2.45) is 0 Å². The highest BCUT2D eigenvalue weighted by atomic mass is 127. The highest BCUT2D eigenvalue weighted by Gasteiger charge is 2.09. The fraction of sp³-hybridized carbons (Fsp3) is 0.0714. The van der Waals surface area contributed by atoms with Crippen LogP contribution in [0, 0.1) is 9.39 Å². The summed E-state index contributed by atoms with van der Waals surface area (Å²) in [5.41, 5.74) is 3.04. The molecule has 0 spiro atoms. The third-order valence-corrected chi connectivity index (χ3v) is 4.67. The fourth-order valence-electron chi connectivity index (χ4n) is 1.90. The fourth-order valence-corrected chi connectivity index (χ4v) is 3.33. The van der Waals surface area contributed by atoms with Gasteiger partial charge in [0, 0.05) is 21.4 Å². The lowest BCUT2D eigenvalue weighted by Gasteiger charge is -2.08. The van der Waals surface area contributed by atoms with Gasteiger partial charge in [-0.2, -0.15) is 5.10 Å². The van der Waals surface area contributed by atoms with Crippen LogP contribution in [0.25, 0.3) is 10.6 Å². The van der Waals surface area contributed by atoms with Crippen LogP contribution in [0.2, 0.25) is 0 Å². The quantitative estimate of drug-likeness (QED) is 0.635. The highest BCUT2D eigenvalue weighted by Crippen LogP contribution is 2.27. The van der Waals surface area contributed by atoms with Crippen molar-refractivity contribution in [1.29, 1.82) is 0 Å². The maximum Gasteiger partial charge on any atom is 0.124 e. The molecule has 2 heterocycles. The van der Waals surface area contributed by atoms with E-state index in [2.05, 4.69) is 44.2 Å². The van der Waals surface area contributed by atoms with Gasteiger partial charge in [0.25, 0.3) is 0 Å². The largest absolute Gasteiger partial charge is 0.380 e. The molecule has 0 fully saturated rings. The van der Waals surface area contributed by atoms with Crippen LogP contribution in [0.5, 0.6) is 0 Å². The first-order valence-corrected chi connectivity index (χ1v) is 7.95. The van der Waals surface area contributed by atoms with Crippen LogP contribution in [0.3, 0.4) is 0 Å². The molecular weight excluding hydrogens is 388 g/mol. The van der Waals surface area contributed by atoms with Gasteiger partial charge in [0.05, 0.1) is 16.8 Å². The van der Waals surface area contributed by atoms with Gasteiger partial charge in [0.1, 0.15) is 5.82 Å². The van der Waals surface area contributed by atoms with Gasteiger partial charge in [0.15, 0.2) is 0 Å². The van der Waals surface area contributed by atoms with Crippen molar-refractivity contribution in [3.05, 3.63) is 56.9 Å². The highest BCUT2D eigenvalue weighted by molar-refractivity contribution is 14.1. The Kier molecular flexibility index (Phi) is 4.02. The average Bonchev–Trinajstić information content (AvgIpc) is 3.08. The van der Waals surface area contributed by atoms with Crippen molar-refractivity contribution < 1.29 is 4.39 Å². The lowest BCUT2D eigenvalue weighted by Crippen LogP contribution is -2.01. The van der Waals surface area contributed by atoms with Crippen LogP contribution in [0.1, 0.15) is 5.56 Å². The Hall–Kier alpha value is -1.41. The summed E-state index contributed by atoms with van der Waals surface area (Å²) in [6.45, 7) is 0.644. The molecule has 0 bridgehead atoms. The summed E-state index contributed by atoms with van der Waals surface area (Å²) < 4.78 is 13.9. The van der Waals surface area contributed by atoms with E-state index in [0.717, 1.165) is 25.4 Å².